The number of aromatic nitrogens is 2. The van der Waals surface area contributed by atoms with Crippen LogP contribution in [-0.4, -0.2) is 23.1 Å². The lowest BCUT2D eigenvalue weighted by molar-refractivity contribution is 0.341. The predicted octanol–water partition coefficient (Wildman–Crippen LogP) is 3.46. The SMILES string of the molecule is CCNc1nc(-c2ccccc2OCC)nc2c1CCC2. The zero-order valence-corrected chi connectivity index (χ0v) is 12.6. The van der Waals surface area contributed by atoms with Crippen molar-refractivity contribution in [1.29, 1.82) is 0 Å². The van der Waals surface area contributed by atoms with Gasteiger partial charge in [-0.2, -0.15) is 0 Å². The Hall–Kier alpha value is -2.10. The Morgan fingerprint density at radius 2 is 2.00 bits per heavy atom. The number of benzene rings is 1. The number of fused-ring (bicyclic) bond motifs is 1. The number of nitrogens with zero attached hydrogens (tertiary/aromatic N) is 2. The van der Waals surface area contributed by atoms with Gasteiger partial charge in [0.25, 0.3) is 0 Å². The Morgan fingerprint density at radius 3 is 2.81 bits per heavy atom. The topological polar surface area (TPSA) is 47.0 Å². The fraction of sp³-hybridized carbons (Fsp3) is 0.412. The van der Waals surface area contributed by atoms with E-state index in [1.165, 1.54) is 17.7 Å². The van der Waals surface area contributed by atoms with Gasteiger partial charge in [-0.25, -0.2) is 9.97 Å². The van der Waals surface area contributed by atoms with Gasteiger partial charge in [0, 0.05) is 17.8 Å². The van der Waals surface area contributed by atoms with Crippen LogP contribution in [0.5, 0.6) is 5.75 Å². The standard InChI is InChI=1S/C17H21N3O/c1-3-18-16-12-9-7-10-14(12)19-17(20-16)13-8-5-6-11-15(13)21-4-2/h5-6,8,11H,3-4,7,9-10H2,1-2H3,(H,18,19,20). The zero-order valence-electron chi connectivity index (χ0n) is 12.6. The first kappa shape index (κ1) is 13.9. The largest absolute Gasteiger partial charge is 0.493 e. The van der Waals surface area contributed by atoms with E-state index in [2.05, 4.69) is 12.2 Å². The minimum atomic E-state index is 0.641. The normalized spacial score (nSPS) is 13.0. The molecule has 0 fully saturated rings. The molecule has 1 N–H and O–H groups in total. The van der Waals surface area contributed by atoms with E-state index < -0.39 is 0 Å². The number of rotatable bonds is 5. The Kier molecular flexibility index (Phi) is 4.04. The highest BCUT2D eigenvalue weighted by Gasteiger charge is 2.20. The molecule has 0 radical (unpaired) electrons. The molecule has 0 saturated carbocycles. The maximum absolute atomic E-state index is 5.71. The lowest BCUT2D eigenvalue weighted by Gasteiger charge is -2.13. The van der Waals surface area contributed by atoms with Gasteiger partial charge in [-0.3, -0.25) is 0 Å². The van der Waals surface area contributed by atoms with Gasteiger partial charge < -0.3 is 10.1 Å². The third-order valence-electron chi connectivity index (χ3n) is 3.71. The predicted molar refractivity (Wildman–Crippen MR) is 84.8 cm³/mol. The highest BCUT2D eigenvalue weighted by molar-refractivity contribution is 5.67. The van der Waals surface area contributed by atoms with E-state index in [9.17, 15) is 0 Å². The summed E-state index contributed by atoms with van der Waals surface area (Å²) in [4.78, 5) is 9.52. The second-order valence-corrected chi connectivity index (χ2v) is 5.13. The zero-order chi connectivity index (χ0) is 14.7. The van der Waals surface area contributed by atoms with E-state index in [-0.39, 0.29) is 0 Å². The summed E-state index contributed by atoms with van der Waals surface area (Å²) >= 11 is 0. The average Bonchev–Trinajstić information content (AvgIpc) is 2.97. The Balaban J connectivity index is 2.09. The van der Waals surface area contributed by atoms with Gasteiger partial charge >= 0.3 is 0 Å². The maximum atomic E-state index is 5.71. The van der Waals surface area contributed by atoms with Crippen molar-refractivity contribution >= 4 is 5.82 Å². The monoisotopic (exact) mass is 283 g/mol. The van der Waals surface area contributed by atoms with Crippen LogP contribution in [0.4, 0.5) is 5.82 Å². The van der Waals surface area contributed by atoms with Gasteiger partial charge in [-0.1, -0.05) is 12.1 Å². The van der Waals surface area contributed by atoms with Crippen molar-refractivity contribution in [2.45, 2.75) is 33.1 Å². The summed E-state index contributed by atoms with van der Waals surface area (Å²) in [6.45, 7) is 5.60. The van der Waals surface area contributed by atoms with Crippen LogP contribution in [0.3, 0.4) is 0 Å². The fourth-order valence-electron chi connectivity index (χ4n) is 2.80. The third-order valence-corrected chi connectivity index (χ3v) is 3.71. The Bertz CT molecular complexity index is 640. The Labute approximate surface area is 125 Å². The summed E-state index contributed by atoms with van der Waals surface area (Å²) in [6.07, 6.45) is 3.28. The maximum Gasteiger partial charge on any atom is 0.165 e. The summed E-state index contributed by atoms with van der Waals surface area (Å²) in [5, 5.41) is 3.38. The Morgan fingerprint density at radius 1 is 1.14 bits per heavy atom. The lowest BCUT2D eigenvalue weighted by atomic mass is 10.1. The number of hydrogen-bond acceptors (Lipinski definition) is 4. The van der Waals surface area contributed by atoms with Crippen LogP contribution >= 0.6 is 0 Å². The molecule has 1 heterocycles. The van der Waals surface area contributed by atoms with Crippen LogP contribution in [0.1, 0.15) is 31.5 Å². The van der Waals surface area contributed by atoms with Crippen molar-refractivity contribution < 1.29 is 4.74 Å². The molecule has 0 aliphatic heterocycles. The molecule has 1 aliphatic rings. The van der Waals surface area contributed by atoms with Crippen LogP contribution in [0.15, 0.2) is 24.3 Å². The molecule has 21 heavy (non-hydrogen) atoms. The van der Waals surface area contributed by atoms with Crippen LogP contribution in [-0.2, 0) is 12.8 Å². The van der Waals surface area contributed by atoms with E-state index in [0.717, 1.165) is 42.3 Å². The molecular formula is C17H21N3O. The van der Waals surface area contributed by atoms with Crippen molar-refractivity contribution in [1.82, 2.24) is 9.97 Å². The smallest absolute Gasteiger partial charge is 0.165 e. The van der Waals surface area contributed by atoms with Crippen LogP contribution < -0.4 is 10.1 Å². The summed E-state index contributed by atoms with van der Waals surface area (Å²) in [5.41, 5.74) is 3.44. The average molecular weight is 283 g/mol. The van der Waals surface area contributed by atoms with Crippen molar-refractivity contribution in [2.75, 3.05) is 18.5 Å². The van der Waals surface area contributed by atoms with Crippen molar-refractivity contribution in [3.8, 4) is 17.1 Å². The number of para-hydroxylation sites is 1. The van der Waals surface area contributed by atoms with E-state index in [0.29, 0.717) is 6.61 Å². The molecule has 0 amide bonds. The molecule has 1 aromatic carbocycles. The summed E-state index contributed by atoms with van der Waals surface area (Å²) in [7, 11) is 0. The number of anilines is 1. The fourth-order valence-corrected chi connectivity index (χ4v) is 2.80. The minimum absolute atomic E-state index is 0.641. The molecule has 2 aromatic rings. The minimum Gasteiger partial charge on any atom is -0.493 e. The van der Waals surface area contributed by atoms with E-state index >= 15 is 0 Å². The van der Waals surface area contributed by atoms with Gasteiger partial charge in [0.05, 0.1) is 12.2 Å². The van der Waals surface area contributed by atoms with Crippen molar-refractivity contribution in [3.05, 3.63) is 35.5 Å². The number of ether oxygens (including phenoxy) is 1. The first-order valence-electron chi connectivity index (χ1n) is 7.69. The van der Waals surface area contributed by atoms with E-state index in [1.807, 2.05) is 31.2 Å². The van der Waals surface area contributed by atoms with Gasteiger partial charge in [0.15, 0.2) is 5.82 Å². The van der Waals surface area contributed by atoms with Crippen LogP contribution in [0, 0.1) is 0 Å². The number of nitrogens with one attached hydrogen (secondary N) is 1. The third kappa shape index (κ3) is 2.71. The van der Waals surface area contributed by atoms with Gasteiger partial charge in [0.2, 0.25) is 0 Å². The molecular weight excluding hydrogens is 262 g/mol. The van der Waals surface area contributed by atoms with Gasteiger partial charge in [0.1, 0.15) is 11.6 Å². The molecule has 0 atom stereocenters. The molecule has 1 aliphatic carbocycles. The summed E-state index contributed by atoms with van der Waals surface area (Å²) in [5.74, 6) is 2.59. The van der Waals surface area contributed by atoms with Gasteiger partial charge in [-0.15, -0.1) is 0 Å². The molecule has 0 unspecified atom stereocenters. The first-order valence-corrected chi connectivity index (χ1v) is 7.69. The van der Waals surface area contributed by atoms with E-state index in [4.69, 9.17) is 14.7 Å². The highest BCUT2D eigenvalue weighted by atomic mass is 16.5. The molecule has 110 valence electrons. The molecule has 3 rings (SSSR count). The molecule has 0 spiro atoms. The van der Waals surface area contributed by atoms with E-state index in [1.54, 1.807) is 0 Å². The molecule has 0 bridgehead atoms. The first-order chi connectivity index (χ1) is 10.3. The molecule has 4 heteroatoms. The van der Waals surface area contributed by atoms with Crippen LogP contribution in [0.25, 0.3) is 11.4 Å². The number of aryl methyl sites for hydroxylation is 1. The highest BCUT2D eigenvalue weighted by Crippen LogP contribution is 2.32. The number of hydrogen-bond donors (Lipinski definition) is 1. The van der Waals surface area contributed by atoms with Crippen molar-refractivity contribution in [2.24, 2.45) is 0 Å². The second-order valence-electron chi connectivity index (χ2n) is 5.13. The second kappa shape index (κ2) is 6.12. The summed E-state index contributed by atoms with van der Waals surface area (Å²) in [6, 6.07) is 7.98. The quantitative estimate of drug-likeness (QED) is 0.913. The van der Waals surface area contributed by atoms with Gasteiger partial charge in [-0.05, 0) is 45.2 Å². The molecule has 4 nitrogen and oxygen atoms in total. The van der Waals surface area contributed by atoms with Crippen LogP contribution in [0.2, 0.25) is 0 Å². The summed E-state index contributed by atoms with van der Waals surface area (Å²) < 4.78 is 5.71. The molecule has 0 saturated heterocycles. The molecule has 1 aromatic heterocycles. The van der Waals surface area contributed by atoms with Crippen molar-refractivity contribution in [3.63, 3.8) is 0 Å². The lowest BCUT2D eigenvalue weighted by Crippen LogP contribution is -2.07.